The summed E-state index contributed by atoms with van der Waals surface area (Å²) in [7, 11) is 0. The number of fused-ring (bicyclic) bond motifs is 3. The van der Waals surface area contributed by atoms with Crippen molar-refractivity contribution in [2.45, 2.75) is 45.1 Å². The molecule has 1 aliphatic rings. The molecule has 3 N–H and O–H groups in total. The van der Waals surface area contributed by atoms with Crippen molar-refractivity contribution >= 4 is 39.6 Å². The van der Waals surface area contributed by atoms with E-state index in [-0.39, 0.29) is 11.8 Å². The van der Waals surface area contributed by atoms with Gasteiger partial charge in [0.05, 0.1) is 5.52 Å². The van der Waals surface area contributed by atoms with E-state index in [2.05, 4.69) is 42.3 Å². The summed E-state index contributed by atoms with van der Waals surface area (Å²) in [4.78, 5) is 28.5. The van der Waals surface area contributed by atoms with Crippen molar-refractivity contribution < 1.29 is 9.59 Å². The summed E-state index contributed by atoms with van der Waals surface area (Å²) < 4.78 is 1.93. The van der Waals surface area contributed by atoms with Gasteiger partial charge in [-0.1, -0.05) is 19.9 Å². The van der Waals surface area contributed by atoms with Gasteiger partial charge in [0.2, 0.25) is 11.8 Å². The van der Waals surface area contributed by atoms with Crippen LogP contribution < -0.4 is 11.1 Å². The summed E-state index contributed by atoms with van der Waals surface area (Å²) in [5, 5.41) is 4.48. The Balaban J connectivity index is 1.99. The predicted octanol–water partition coefficient (Wildman–Crippen LogP) is 3.26. The van der Waals surface area contributed by atoms with Gasteiger partial charge in [0.1, 0.15) is 17.5 Å². The van der Waals surface area contributed by atoms with Crippen LogP contribution in [0.3, 0.4) is 0 Å². The molecule has 1 aromatic carbocycles. The number of benzene rings is 1. The van der Waals surface area contributed by atoms with Gasteiger partial charge in [0, 0.05) is 17.2 Å². The molecule has 134 valence electrons. The number of nitrogens with zero attached hydrogens (tertiary/aromatic N) is 2. The molecule has 2 aromatic heterocycles. The van der Waals surface area contributed by atoms with Gasteiger partial charge in [-0.25, -0.2) is 4.98 Å². The van der Waals surface area contributed by atoms with E-state index in [0.29, 0.717) is 30.2 Å². The van der Waals surface area contributed by atoms with Crippen molar-refractivity contribution in [1.82, 2.24) is 14.9 Å². The van der Waals surface area contributed by atoms with Gasteiger partial charge in [-0.05, 0) is 48.6 Å². The van der Waals surface area contributed by atoms with E-state index >= 15 is 0 Å². The first-order chi connectivity index (χ1) is 12.5. The topological polar surface area (TPSA) is 90.0 Å². The summed E-state index contributed by atoms with van der Waals surface area (Å²) in [6.07, 6.45) is 1.85. The van der Waals surface area contributed by atoms with E-state index in [1.807, 2.05) is 10.6 Å². The molecule has 1 saturated heterocycles. The van der Waals surface area contributed by atoms with Gasteiger partial charge in [-0.2, -0.15) is 0 Å². The standard InChI is InChI=1S/C20H22N4O2/c1-3-11(2)12-4-6-15-14(10-12)13-5-8-17(21)22-19(13)24(15)16-7-9-18(25)23-20(16)26/h4-6,8,10-11,16H,3,7,9H2,1-2H3,(H2,21,22)(H,23,25,26). The molecule has 0 saturated carbocycles. The fraction of sp³-hybridized carbons (Fsp3) is 0.350. The molecular formula is C20H22N4O2. The van der Waals surface area contributed by atoms with E-state index in [1.165, 1.54) is 5.56 Å². The van der Waals surface area contributed by atoms with Gasteiger partial charge in [-0.15, -0.1) is 0 Å². The maximum atomic E-state index is 12.5. The summed E-state index contributed by atoms with van der Waals surface area (Å²) in [5.74, 6) is 0.361. The highest BCUT2D eigenvalue weighted by Crippen LogP contribution is 2.35. The highest BCUT2D eigenvalue weighted by molar-refractivity contribution is 6.09. The van der Waals surface area contributed by atoms with Crippen LogP contribution in [0.25, 0.3) is 21.9 Å². The minimum absolute atomic E-state index is 0.224. The third-order valence-corrected chi connectivity index (χ3v) is 5.40. The van der Waals surface area contributed by atoms with Gasteiger partial charge in [-0.3, -0.25) is 14.9 Å². The van der Waals surface area contributed by atoms with Gasteiger partial charge in [0.25, 0.3) is 0 Å². The molecule has 2 atom stereocenters. The Kier molecular flexibility index (Phi) is 3.90. The molecule has 6 nitrogen and oxygen atoms in total. The van der Waals surface area contributed by atoms with Gasteiger partial charge in [0.15, 0.2) is 0 Å². The average Bonchev–Trinajstić information content (AvgIpc) is 2.94. The molecule has 3 heterocycles. The first-order valence-corrected chi connectivity index (χ1v) is 9.03. The number of nitrogen functional groups attached to an aromatic ring is 1. The van der Waals surface area contributed by atoms with E-state index in [0.717, 1.165) is 22.7 Å². The normalized spacial score (nSPS) is 19.1. The summed E-state index contributed by atoms with van der Waals surface area (Å²) in [6.45, 7) is 4.38. The Bertz CT molecular complexity index is 1040. The van der Waals surface area contributed by atoms with Crippen LogP contribution in [-0.2, 0) is 9.59 Å². The average molecular weight is 350 g/mol. The number of nitrogens with two attached hydrogens (primary N) is 1. The molecule has 1 fully saturated rings. The molecule has 6 heteroatoms. The summed E-state index contributed by atoms with van der Waals surface area (Å²) in [5.41, 5.74) is 8.82. The molecule has 0 aliphatic carbocycles. The van der Waals surface area contributed by atoms with Gasteiger partial charge >= 0.3 is 0 Å². The van der Waals surface area contributed by atoms with Gasteiger partial charge < -0.3 is 10.3 Å². The first kappa shape index (κ1) is 16.6. The molecule has 1 aliphatic heterocycles. The van der Waals surface area contributed by atoms with E-state index in [9.17, 15) is 9.59 Å². The van der Waals surface area contributed by atoms with Crippen LogP contribution in [0.4, 0.5) is 5.82 Å². The number of nitrogens with one attached hydrogen (secondary N) is 1. The second-order valence-corrected chi connectivity index (χ2v) is 7.03. The Morgan fingerprint density at radius 2 is 2.08 bits per heavy atom. The Hall–Kier alpha value is -2.89. The first-order valence-electron chi connectivity index (χ1n) is 9.03. The number of amides is 2. The lowest BCUT2D eigenvalue weighted by Crippen LogP contribution is -2.41. The zero-order valence-electron chi connectivity index (χ0n) is 15.0. The van der Waals surface area contributed by atoms with Crippen LogP contribution in [0.15, 0.2) is 30.3 Å². The maximum absolute atomic E-state index is 12.5. The molecule has 3 aromatic rings. The van der Waals surface area contributed by atoms with Crippen LogP contribution in [0.2, 0.25) is 0 Å². The van der Waals surface area contributed by atoms with Crippen molar-refractivity contribution in [1.29, 1.82) is 0 Å². The van der Waals surface area contributed by atoms with Crippen LogP contribution in [0.1, 0.15) is 50.6 Å². The minimum Gasteiger partial charge on any atom is -0.384 e. The second kappa shape index (κ2) is 6.12. The molecule has 2 amide bonds. The maximum Gasteiger partial charge on any atom is 0.249 e. The number of hydrogen-bond acceptors (Lipinski definition) is 4. The smallest absolute Gasteiger partial charge is 0.249 e. The fourth-order valence-corrected chi connectivity index (χ4v) is 3.74. The third kappa shape index (κ3) is 2.53. The monoisotopic (exact) mass is 350 g/mol. The zero-order valence-corrected chi connectivity index (χ0v) is 15.0. The molecule has 4 rings (SSSR count). The number of carbonyl (C=O) groups excluding carboxylic acids is 2. The SMILES string of the molecule is CCC(C)c1ccc2c(c1)c1ccc(N)nc1n2C1CCC(=O)NC1=O. The molecule has 2 unspecified atom stereocenters. The number of aromatic nitrogens is 2. The third-order valence-electron chi connectivity index (χ3n) is 5.40. The van der Waals surface area contributed by atoms with Crippen molar-refractivity contribution in [2.24, 2.45) is 0 Å². The Morgan fingerprint density at radius 3 is 2.81 bits per heavy atom. The molecule has 0 bridgehead atoms. The second-order valence-electron chi connectivity index (χ2n) is 7.03. The number of rotatable bonds is 3. The van der Waals surface area contributed by atoms with Crippen LogP contribution >= 0.6 is 0 Å². The van der Waals surface area contributed by atoms with E-state index < -0.39 is 6.04 Å². The molecular weight excluding hydrogens is 328 g/mol. The quantitative estimate of drug-likeness (QED) is 0.710. The van der Waals surface area contributed by atoms with Crippen LogP contribution in [-0.4, -0.2) is 21.4 Å². The van der Waals surface area contributed by atoms with Crippen molar-refractivity contribution in [3.63, 3.8) is 0 Å². The lowest BCUT2D eigenvalue weighted by Gasteiger charge is -2.23. The number of carbonyl (C=O) groups is 2. The summed E-state index contributed by atoms with van der Waals surface area (Å²) in [6, 6.07) is 9.64. The molecule has 0 radical (unpaired) electrons. The number of hydrogen-bond donors (Lipinski definition) is 2. The lowest BCUT2D eigenvalue weighted by atomic mass is 9.97. The Labute approximate surface area is 151 Å². The minimum atomic E-state index is -0.462. The fourth-order valence-electron chi connectivity index (χ4n) is 3.74. The summed E-state index contributed by atoms with van der Waals surface area (Å²) >= 11 is 0. The highest BCUT2D eigenvalue weighted by atomic mass is 16.2. The number of anilines is 1. The largest absolute Gasteiger partial charge is 0.384 e. The van der Waals surface area contributed by atoms with E-state index in [1.54, 1.807) is 6.07 Å². The predicted molar refractivity (Wildman–Crippen MR) is 102 cm³/mol. The number of imide groups is 1. The van der Waals surface area contributed by atoms with Crippen molar-refractivity contribution in [3.8, 4) is 0 Å². The molecule has 0 spiro atoms. The van der Waals surface area contributed by atoms with Crippen LogP contribution in [0, 0.1) is 0 Å². The van der Waals surface area contributed by atoms with Crippen molar-refractivity contribution in [2.75, 3.05) is 5.73 Å². The molecule has 26 heavy (non-hydrogen) atoms. The lowest BCUT2D eigenvalue weighted by molar-refractivity contribution is -0.135. The van der Waals surface area contributed by atoms with Crippen molar-refractivity contribution in [3.05, 3.63) is 35.9 Å². The van der Waals surface area contributed by atoms with E-state index in [4.69, 9.17) is 5.73 Å². The van der Waals surface area contributed by atoms with Crippen LogP contribution in [0.5, 0.6) is 0 Å². The Morgan fingerprint density at radius 1 is 1.27 bits per heavy atom. The number of pyridine rings is 1. The zero-order chi connectivity index (χ0) is 18.4. The highest BCUT2D eigenvalue weighted by Gasteiger charge is 2.31. The number of piperidine rings is 1.